The molecule has 0 aliphatic rings. The summed E-state index contributed by atoms with van der Waals surface area (Å²) in [5, 5.41) is 3.33. The van der Waals surface area contributed by atoms with E-state index in [1.165, 1.54) is 19.5 Å². The number of sulfone groups is 1. The molecule has 0 saturated heterocycles. The molecule has 7 nitrogen and oxygen atoms in total. The summed E-state index contributed by atoms with van der Waals surface area (Å²) >= 11 is 5.92. The molecule has 2 aromatic heterocycles. The Kier molecular flexibility index (Phi) is 4.82. The third-order valence-corrected chi connectivity index (χ3v) is 4.22. The molecule has 0 aliphatic heterocycles. The average Bonchev–Trinajstić information content (AvgIpc) is 2.45. The molecule has 0 atom stereocenters. The second-order valence-electron chi connectivity index (χ2n) is 4.57. The minimum absolute atomic E-state index is 0.0522. The van der Waals surface area contributed by atoms with Crippen molar-refractivity contribution in [2.45, 2.75) is 18.5 Å². The van der Waals surface area contributed by atoms with Crippen LogP contribution in [0.25, 0.3) is 0 Å². The van der Waals surface area contributed by atoms with Crippen LogP contribution in [0.1, 0.15) is 11.3 Å². The van der Waals surface area contributed by atoms with Gasteiger partial charge in [-0.05, 0) is 18.6 Å². The first-order valence-corrected chi connectivity index (χ1v) is 8.55. The van der Waals surface area contributed by atoms with Gasteiger partial charge < -0.3 is 10.1 Å². The highest BCUT2D eigenvalue weighted by Gasteiger charge is 2.13. The fourth-order valence-electron chi connectivity index (χ4n) is 1.80. The summed E-state index contributed by atoms with van der Waals surface area (Å²) in [5.74, 6) is 0.802. The third kappa shape index (κ3) is 3.63. The molecular formula is C13H15ClN4O3S. The van der Waals surface area contributed by atoms with Gasteiger partial charge in [0.2, 0.25) is 0 Å². The number of nitrogens with zero attached hydrogens (tertiary/aromatic N) is 3. The minimum atomic E-state index is -3.32. The summed E-state index contributed by atoms with van der Waals surface area (Å²) in [4.78, 5) is 12.0. The Morgan fingerprint density at radius 2 is 2.05 bits per heavy atom. The second kappa shape index (κ2) is 6.45. The monoisotopic (exact) mass is 342 g/mol. The predicted molar refractivity (Wildman–Crippen MR) is 83.0 cm³/mol. The Labute approximate surface area is 133 Å². The van der Waals surface area contributed by atoms with Gasteiger partial charge in [-0.25, -0.2) is 23.4 Å². The summed E-state index contributed by atoms with van der Waals surface area (Å²) in [7, 11) is -1.84. The van der Waals surface area contributed by atoms with Gasteiger partial charge in [0, 0.05) is 18.5 Å². The zero-order valence-corrected chi connectivity index (χ0v) is 13.9. The van der Waals surface area contributed by atoms with E-state index in [9.17, 15) is 8.42 Å². The van der Waals surface area contributed by atoms with Crippen LogP contribution in [0.15, 0.2) is 23.5 Å². The number of hydrogen-bond donors (Lipinski definition) is 1. The van der Waals surface area contributed by atoms with Gasteiger partial charge in [-0.2, -0.15) is 0 Å². The number of aromatic nitrogens is 3. The lowest BCUT2D eigenvalue weighted by atomic mass is 10.2. The maximum Gasteiger partial charge on any atom is 0.198 e. The fraction of sp³-hybridized carbons (Fsp3) is 0.308. The quantitative estimate of drug-likeness (QED) is 0.828. The van der Waals surface area contributed by atoms with Crippen molar-refractivity contribution in [2.75, 3.05) is 18.7 Å². The Hall–Kier alpha value is -1.93. The molecule has 0 unspecified atom stereocenters. The van der Waals surface area contributed by atoms with E-state index < -0.39 is 9.84 Å². The number of nitrogens with one attached hydrogen (secondary N) is 1. The highest BCUT2D eigenvalue weighted by atomic mass is 35.5. The largest absolute Gasteiger partial charge is 0.490 e. The van der Waals surface area contributed by atoms with Crippen LogP contribution < -0.4 is 10.1 Å². The van der Waals surface area contributed by atoms with Crippen LogP contribution in [0.4, 0.5) is 5.82 Å². The Morgan fingerprint density at radius 1 is 1.32 bits per heavy atom. The number of hydrogen-bond acceptors (Lipinski definition) is 7. The second-order valence-corrected chi connectivity index (χ2v) is 6.89. The topological polar surface area (TPSA) is 94.1 Å². The number of rotatable bonds is 5. The lowest BCUT2D eigenvalue weighted by molar-refractivity contribution is 0.413. The molecule has 0 aliphatic carbocycles. The first-order valence-electron chi connectivity index (χ1n) is 6.28. The maximum atomic E-state index is 11.5. The molecule has 2 rings (SSSR count). The van der Waals surface area contributed by atoms with Gasteiger partial charge in [0.25, 0.3) is 0 Å². The van der Waals surface area contributed by atoms with E-state index in [2.05, 4.69) is 20.3 Å². The van der Waals surface area contributed by atoms with Crippen LogP contribution >= 0.6 is 11.6 Å². The summed E-state index contributed by atoms with van der Waals surface area (Å²) in [6, 6.07) is 3.19. The molecule has 2 heterocycles. The van der Waals surface area contributed by atoms with Crippen molar-refractivity contribution in [1.29, 1.82) is 0 Å². The smallest absolute Gasteiger partial charge is 0.198 e. The number of anilines is 1. The number of methoxy groups -OCH3 is 1. The van der Waals surface area contributed by atoms with Crippen LogP contribution in [0.3, 0.4) is 0 Å². The van der Waals surface area contributed by atoms with Crippen LogP contribution in [0, 0.1) is 6.92 Å². The average molecular weight is 343 g/mol. The van der Waals surface area contributed by atoms with Gasteiger partial charge in [0.1, 0.15) is 6.33 Å². The molecule has 1 N–H and O–H groups in total. The van der Waals surface area contributed by atoms with Gasteiger partial charge in [0.15, 0.2) is 31.6 Å². The number of aryl methyl sites for hydroxylation is 1. The van der Waals surface area contributed by atoms with Crippen molar-refractivity contribution < 1.29 is 13.2 Å². The number of halogens is 1. The zero-order chi connectivity index (χ0) is 16.3. The summed E-state index contributed by atoms with van der Waals surface area (Å²) in [6.07, 6.45) is 2.45. The Bertz CT molecular complexity index is 796. The molecule has 0 spiro atoms. The minimum Gasteiger partial charge on any atom is -0.490 e. The molecule has 9 heteroatoms. The number of ether oxygens (including phenoxy) is 1. The van der Waals surface area contributed by atoms with E-state index in [-0.39, 0.29) is 10.2 Å². The Morgan fingerprint density at radius 3 is 2.64 bits per heavy atom. The van der Waals surface area contributed by atoms with Crippen LogP contribution in [-0.2, 0) is 16.4 Å². The first kappa shape index (κ1) is 16.4. The van der Waals surface area contributed by atoms with Crippen LogP contribution in [-0.4, -0.2) is 36.7 Å². The molecule has 0 bridgehead atoms. The highest BCUT2D eigenvalue weighted by molar-refractivity contribution is 7.90. The third-order valence-electron chi connectivity index (χ3n) is 2.96. The van der Waals surface area contributed by atoms with Crippen molar-refractivity contribution in [3.63, 3.8) is 0 Å². The normalized spacial score (nSPS) is 11.3. The van der Waals surface area contributed by atoms with Gasteiger partial charge in [0.05, 0.1) is 7.11 Å². The van der Waals surface area contributed by atoms with E-state index in [4.69, 9.17) is 16.3 Å². The highest BCUT2D eigenvalue weighted by Crippen LogP contribution is 2.28. The lowest BCUT2D eigenvalue weighted by Crippen LogP contribution is -2.08. The summed E-state index contributed by atoms with van der Waals surface area (Å²) in [5.41, 5.74) is 1.46. The summed E-state index contributed by atoms with van der Waals surface area (Å²) in [6.45, 7) is 2.14. The standard InChI is InChI=1S/C13H15ClN4O3S/c1-8-9(4-5-10(18-8)22(3,19)20)6-15-13-11(21-2)12(14)16-7-17-13/h4-5,7H,6H2,1-3H3,(H,15,16,17). The van der Waals surface area contributed by atoms with Gasteiger partial charge in [-0.3, -0.25) is 0 Å². The van der Waals surface area contributed by atoms with E-state index in [1.807, 2.05) is 0 Å². The van der Waals surface area contributed by atoms with Crippen molar-refractivity contribution in [1.82, 2.24) is 15.0 Å². The molecule has 118 valence electrons. The molecular weight excluding hydrogens is 328 g/mol. The molecule has 0 fully saturated rings. The Balaban J connectivity index is 2.21. The van der Waals surface area contributed by atoms with Crippen molar-refractivity contribution >= 4 is 27.3 Å². The maximum absolute atomic E-state index is 11.5. The SMILES string of the molecule is COc1c(Cl)ncnc1NCc1ccc(S(C)(=O)=O)nc1C. The van der Waals surface area contributed by atoms with Gasteiger partial charge in [-0.15, -0.1) is 0 Å². The van der Waals surface area contributed by atoms with Crippen LogP contribution in [0.5, 0.6) is 5.75 Å². The molecule has 0 aromatic carbocycles. The zero-order valence-electron chi connectivity index (χ0n) is 12.3. The molecule has 2 aromatic rings. The van der Waals surface area contributed by atoms with E-state index >= 15 is 0 Å². The van der Waals surface area contributed by atoms with E-state index in [0.717, 1.165) is 11.8 Å². The molecule has 22 heavy (non-hydrogen) atoms. The van der Waals surface area contributed by atoms with E-state index in [0.29, 0.717) is 23.8 Å². The number of pyridine rings is 1. The molecule has 0 amide bonds. The lowest BCUT2D eigenvalue weighted by Gasteiger charge is -2.12. The van der Waals surface area contributed by atoms with Crippen molar-refractivity contribution in [3.8, 4) is 5.75 Å². The fourth-order valence-corrected chi connectivity index (χ4v) is 2.63. The molecule has 0 saturated carbocycles. The molecule has 0 radical (unpaired) electrons. The predicted octanol–water partition coefficient (Wildman–Crippen LogP) is 1.86. The van der Waals surface area contributed by atoms with Crippen molar-refractivity contribution in [3.05, 3.63) is 34.9 Å². The van der Waals surface area contributed by atoms with Gasteiger partial charge >= 0.3 is 0 Å². The van der Waals surface area contributed by atoms with E-state index in [1.54, 1.807) is 13.0 Å². The first-order chi connectivity index (χ1) is 10.3. The van der Waals surface area contributed by atoms with Crippen LogP contribution in [0.2, 0.25) is 5.15 Å². The summed E-state index contributed by atoms with van der Waals surface area (Å²) < 4.78 is 28.1. The van der Waals surface area contributed by atoms with Crippen molar-refractivity contribution in [2.24, 2.45) is 0 Å². The van der Waals surface area contributed by atoms with Gasteiger partial charge in [-0.1, -0.05) is 17.7 Å².